The van der Waals surface area contributed by atoms with Crippen LogP contribution in [0.5, 0.6) is 0 Å². The van der Waals surface area contributed by atoms with Crippen molar-refractivity contribution in [2.75, 3.05) is 37.7 Å². The SMILES string of the molecule is CC1CCCN1C1CCC(c2ccc(N3CCC4(CCOCC4)C3)cc2)CC1. The third kappa shape index (κ3) is 3.73. The monoisotopic (exact) mass is 382 g/mol. The van der Waals surface area contributed by atoms with E-state index in [1.807, 2.05) is 0 Å². The molecule has 3 heterocycles. The Hall–Kier alpha value is -1.06. The lowest BCUT2D eigenvalue weighted by molar-refractivity contribution is 0.0254. The topological polar surface area (TPSA) is 15.7 Å². The molecule has 0 N–H and O–H groups in total. The third-order valence-corrected chi connectivity index (χ3v) is 8.49. The second-order valence-corrected chi connectivity index (χ2v) is 10.1. The van der Waals surface area contributed by atoms with E-state index in [0.29, 0.717) is 5.41 Å². The van der Waals surface area contributed by atoms with Crippen molar-refractivity contribution in [1.82, 2.24) is 4.90 Å². The van der Waals surface area contributed by atoms with Crippen LogP contribution in [-0.2, 0) is 4.74 Å². The highest BCUT2D eigenvalue weighted by Crippen LogP contribution is 2.42. The lowest BCUT2D eigenvalue weighted by Crippen LogP contribution is -2.39. The first-order valence-corrected chi connectivity index (χ1v) is 11.9. The summed E-state index contributed by atoms with van der Waals surface area (Å²) in [6.45, 7) is 8.15. The molecular formula is C25H38N2O. The van der Waals surface area contributed by atoms with Crippen molar-refractivity contribution in [3.05, 3.63) is 29.8 Å². The van der Waals surface area contributed by atoms with Gasteiger partial charge in [-0.1, -0.05) is 12.1 Å². The molecule has 1 spiro atoms. The molecule has 154 valence electrons. The zero-order valence-corrected chi connectivity index (χ0v) is 17.7. The third-order valence-electron chi connectivity index (χ3n) is 8.49. The molecule has 28 heavy (non-hydrogen) atoms. The average molecular weight is 383 g/mol. The van der Waals surface area contributed by atoms with Gasteiger partial charge in [0.05, 0.1) is 0 Å². The molecule has 0 radical (unpaired) electrons. The van der Waals surface area contributed by atoms with Crippen molar-refractivity contribution in [2.24, 2.45) is 5.41 Å². The van der Waals surface area contributed by atoms with Gasteiger partial charge in [-0.3, -0.25) is 4.90 Å². The first-order chi connectivity index (χ1) is 13.7. The summed E-state index contributed by atoms with van der Waals surface area (Å²) in [5.74, 6) is 0.781. The van der Waals surface area contributed by atoms with Crippen LogP contribution in [0.3, 0.4) is 0 Å². The van der Waals surface area contributed by atoms with E-state index < -0.39 is 0 Å². The van der Waals surface area contributed by atoms with Gasteiger partial charge in [-0.25, -0.2) is 0 Å². The number of hydrogen-bond donors (Lipinski definition) is 0. The minimum absolute atomic E-state index is 0.530. The molecule has 4 fully saturated rings. The summed E-state index contributed by atoms with van der Waals surface area (Å²) in [6.07, 6.45) is 12.2. The number of ether oxygens (including phenoxy) is 1. The van der Waals surface area contributed by atoms with Crippen molar-refractivity contribution < 1.29 is 4.74 Å². The lowest BCUT2D eigenvalue weighted by atomic mass is 9.79. The van der Waals surface area contributed by atoms with Crippen molar-refractivity contribution >= 4 is 5.69 Å². The number of anilines is 1. The van der Waals surface area contributed by atoms with Crippen LogP contribution in [0.1, 0.15) is 76.2 Å². The van der Waals surface area contributed by atoms with Gasteiger partial charge in [-0.05, 0) is 100 Å². The molecule has 1 saturated carbocycles. The minimum Gasteiger partial charge on any atom is -0.381 e. The Kier molecular flexibility index (Phi) is 5.40. The van der Waals surface area contributed by atoms with Crippen LogP contribution in [0.15, 0.2) is 24.3 Å². The molecule has 0 aromatic heterocycles. The standard InChI is InChI=1S/C25H38N2O/c1-20-3-2-15-27(20)24-10-6-22(7-11-24)21-4-8-23(9-5-21)26-16-12-25(19-26)13-17-28-18-14-25/h4-5,8-9,20,22,24H,2-3,6-7,10-19H2,1H3. The molecule has 1 aromatic rings. The summed E-state index contributed by atoms with van der Waals surface area (Å²) in [5, 5.41) is 0. The van der Waals surface area contributed by atoms with Gasteiger partial charge >= 0.3 is 0 Å². The molecule has 1 aliphatic carbocycles. The molecule has 3 aliphatic heterocycles. The predicted octanol–water partition coefficient (Wildman–Crippen LogP) is 5.20. The molecule has 1 aromatic carbocycles. The summed E-state index contributed by atoms with van der Waals surface area (Å²) in [6, 6.07) is 11.4. The van der Waals surface area contributed by atoms with E-state index in [1.165, 1.54) is 83.1 Å². The average Bonchev–Trinajstić information content (AvgIpc) is 3.35. The van der Waals surface area contributed by atoms with E-state index in [2.05, 4.69) is 41.0 Å². The highest BCUT2D eigenvalue weighted by Gasteiger charge is 2.39. The molecule has 5 rings (SSSR count). The van der Waals surface area contributed by atoms with E-state index in [0.717, 1.165) is 31.2 Å². The summed E-state index contributed by atoms with van der Waals surface area (Å²) < 4.78 is 5.60. The second kappa shape index (κ2) is 7.99. The van der Waals surface area contributed by atoms with E-state index >= 15 is 0 Å². The van der Waals surface area contributed by atoms with Gasteiger partial charge in [0.25, 0.3) is 0 Å². The second-order valence-electron chi connectivity index (χ2n) is 10.1. The summed E-state index contributed by atoms with van der Waals surface area (Å²) >= 11 is 0. The molecule has 0 amide bonds. The highest BCUT2D eigenvalue weighted by molar-refractivity contribution is 5.49. The fourth-order valence-corrected chi connectivity index (χ4v) is 6.56. The van der Waals surface area contributed by atoms with Gasteiger partial charge in [-0.2, -0.15) is 0 Å². The van der Waals surface area contributed by atoms with Gasteiger partial charge in [0.2, 0.25) is 0 Å². The van der Waals surface area contributed by atoms with E-state index in [4.69, 9.17) is 4.74 Å². The zero-order chi connectivity index (χ0) is 19.0. The molecule has 3 nitrogen and oxygen atoms in total. The zero-order valence-electron chi connectivity index (χ0n) is 17.7. The van der Waals surface area contributed by atoms with Crippen molar-refractivity contribution in [2.45, 2.75) is 82.7 Å². The van der Waals surface area contributed by atoms with Crippen molar-refractivity contribution in [3.63, 3.8) is 0 Å². The van der Waals surface area contributed by atoms with Gasteiger partial charge in [-0.15, -0.1) is 0 Å². The van der Waals surface area contributed by atoms with Gasteiger partial charge in [0, 0.05) is 44.1 Å². The normalized spacial score (nSPS) is 33.6. The van der Waals surface area contributed by atoms with Gasteiger partial charge < -0.3 is 9.64 Å². The maximum Gasteiger partial charge on any atom is 0.0472 e. The van der Waals surface area contributed by atoms with E-state index in [1.54, 1.807) is 5.56 Å². The Balaban J connectivity index is 1.17. The fourth-order valence-electron chi connectivity index (χ4n) is 6.56. The molecule has 4 aliphatic rings. The van der Waals surface area contributed by atoms with Gasteiger partial charge in [0.1, 0.15) is 0 Å². The molecule has 1 atom stereocenters. The minimum atomic E-state index is 0.530. The first-order valence-electron chi connectivity index (χ1n) is 11.9. The van der Waals surface area contributed by atoms with Crippen LogP contribution in [0.4, 0.5) is 5.69 Å². The maximum atomic E-state index is 5.60. The quantitative estimate of drug-likeness (QED) is 0.714. The van der Waals surface area contributed by atoms with Crippen LogP contribution in [0, 0.1) is 5.41 Å². The van der Waals surface area contributed by atoms with Crippen LogP contribution in [-0.4, -0.2) is 49.8 Å². The number of rotatable bonds is 3. The van der Waals surface area contributed by atoms with Crippen LogP contribution in [0.25, 0.3) is 0 Å². The van der Waals surface area contributed by atoms with Gasteiger partial charge in [0.15, 0.2) is 0 Å². The van der Waals surface area contributed by atoms with Crippen LogP contribution >= 0.6 is 0 Å². The molecule has 0 bridgehead atoms. The Labute approximate surface area is 171 Å². The number of hydrogen-bond acceptors (Lipinski definition) is 3. The Morgan fingerprint density at radius 3 is 2.32 bits per heavy atom. The fraction of sp³-hybridized carbons (Fsp3) is 0.760. The first kappa shape index (κ1) is 18.9. The molecule has 1 unspecified atom stereocenters. The van der Waals surface area contributed by atoms with E-state index in [9.17, 15) is 0 Å². The lowest BCUT2D eigenvalue weighted by Gasteiger charge is -2.37. The number of benzene rings is 1. The highest BCUT2D eigenvalue weighted by atomic mass is 16.5. The Morgan fingerprint density at radius 1 is 0.893 bits per heavy atom. The van der Waals surface area contributed by atoms with E-state index in [-0.39, 0.29) is 0 Å². The smallest absolute Gasteiger partial charge is 0.0472 e. The van der Waals surface area contributed by atoms with Crippen LogP contribution in [0.2, 0.25) is 0 Å². The number of nitrogens with zero attached hydrogens (tertiary/aromatic N) is 2. The predicted molar refractivity (Wildman–Crippen MR) is 116 cm³/mol. The molecular weight excluding hydrogens is 344 g/mol. The summed E-state index contributed by atoms with van der Waals surface area (Å²) in [7, 11) is 0. The van der Waals surface area contributed by atoms with Crippen molar-refractivity contribution in [3.8, 4) is 0 Å². The largest absolute Gasteiger partial charge is 0.381 e. The summed E-state index contributed by atoms with van der Waals surface area (Å²) in [5.41, 5.74) is 3.55. The maximum absolute atomic E-state index is 5.60. The Bertz CT molecular complexity index is 643. The number of likely N-dealkylation sites (tertiary alicyclic amines) is 1. The van der Waals surface area contributed by atoms with Crippen LogP contribution < -0.4 is 4.90 Å². The van der Waals surface area contributed by atoms with Crippen molar-refractivity contribution in [1.29, 1.82) is 0 Å². The molecule has 3 heteroatoms. The molecule has 3 saturated heterocycles. The summed E-state index contributed by atoms with van der Waals surface area (Å²) in [4.78, 5) is 5.43. The Morgan fingerprint density at radius 2 is 1.64 bits per heavy atom.